The molecule has 0 radical (unpaired) electrons. The molecule has 3 aromatic rings. The van der Waals surface area contributed by atoms with Gasteiger partial charge in [0, 0.05) is 18.4 Å². The maximum Gasteiger partial charge on any atom is 0.332 e. The fraction of sp³-hybridized carbons (Fsp3) is 0.263. The average Bonchev–Trinajstić information content (AvgIpc) is 2.63. The van der Waals surface area contributed by atoms with E-state index >= 15 is 0 Å². The Morgan fingerprint density at radius 2 is 1.96 bits per heavy atom. The Balaban J connectivity index is 1.98. The molecule has 0 aliphatic rings. The highest BCUT2D eigenvalue weighted by molar-refractivity contribution is 6.32. The number of aryl methyl sites for hydroxylation is 3. The fourth-order valence-corrected chi connectivity index (χ4v) is 3.30. The van der Waals surface area contributed by atoms with E-state index in [-0.39, 0.29) is 0 Å². The van der Waals surface area contributed by atoms with Crippen molar-refractivity contribution < 1.29 is 9.53 Å². The second-order valence-corrected chi connectivity index (χ2v) is 6.82. The van der Waals surface area contributed by atoms with Gasteiger partial charge in [0.25, 0.3) is 5.56 Å². The molecule has 1 N–H and O–H groups in total. The molecule has 8 nitrogen and oxygen atoms in total. The van der Waals surface area contributed by atoms with Gasteiger partial charge in [0.1, 0.15) is 17.9 Å². The molecule has 0 unspecified atom stereocenters. The summed E-state index contributed by atoms with van der Waals surface area (Å²) in [7, 11) is 3.01. The minimum absolute atomic E-state index is 0.297. The second-order valence-electron chi connectivity index (χ2n) is 6.41. The van der Waals surface area contributed by atoms with Gasteiger partial charge in [-0.15, -0.1) is 0 Å². The van der Waals surface area contributed by atoms with Crippen molar-refractivity contribution in [3.05, 3.63) is 61.4 Å². The third-order valence-corrected chi connectivity index (χ3v) is 4.65. The number of fused-ring (bicyclic) bond motifs is 1. The maximum absolute atomic E-state index is 12.9. The van der Waals surface area contributed by atoms with Gasteiger partial charge < -0.3 is 10.1 Å². The standard InChI is InChI=1S/C19H19ClN4O4/c1-10-7-11(2)21-17-16(10)18(26)24(19(27)23(17)3)9-15(25)22-12-5-6-14(28-4)13(20)8-12/h5-8H,9H2,1-4H3,(H,22,25). The number of hydrogen-bond acceptors (Lipinski definition) is 5. The van der Waals surface area contributed by atoms with E-state index in [0.717, 1.165) is 4.57 Å². The third-order valence-electron chi connectivity index (χ3n) is 4.36. The number of nitrogens with zero attached hydrogens (tertiary/aromatic N) is 3. The first-order valence-corrected chi connectivity index (χ1v) is 8.82. The van der Waals surface area contributed by atoms with Gasteiger partial charge in [-0.3, -0.25) is 18.7 Å². The fourth-order valence-electron chi connectivity index (χ4n) is 3.05. The molecular formula is C19H19ClN4O4. The molecule has 28 heavy (non-hydrogen) atoms. The first-order valence-electron chi connectivity index (χ1n) is 8.44. The number of halogens is 1. The molecule has 1 aromatic carbocycles. The first kappa shape index (κ1) is 19.6. The van der Waals surface area contributed by atoms with Crippen LogP contribution in [-0.4, -0.2) is 27.1 Å². The van der Waals surface area contributed by atoms with E-state index in [4.69, 9.17) is 16.3 Å². The van der Waals surface area contributed by atoms with Crippen LogP contribution in [0.15, 0.2) is 33.9 Å². The molecule has 146 valence electrons. The molecule has 0 aliphatic carbocycles. The summed E-state index contributed by atoms with van der Waals surface area (Å²) in [6.07, 6.45) is 0. The Labute approximate surface area is 165 Å². The van der Waals surface area contributed by atoms with Crippen LogP contribution in [0, 0.1) is 13.8 Å². The number of amides is 1. The lowest BCUT2D eigenvalue weighted by Crippen LogP contribution is -2.42. The van der Waals surface area contributed by atoms with Crippen LogP contribution in [0.4, 0.5) is 5.69 Å². The number of anilines is 1. The van der Waals surface area contributed by atoms with E-state index in [1.54, 1.807) is 32.0 Å². The summed E-state index contributed by atoms with van der Waals surface area (Å²) in [5.74, 6) is -0.0601. The van der Waals surface area contributed by atoms with E-state index in [9.17, 15) is 14.4 Å². The summed E-state index contributed by atoms with van der Waals surface area (Å²) >= 11 is 6.05. The van der Waals surface area contributed by atoms with Crippen LogP contribution in [0.25, 0.3) is 11.0 Å². The lowest BCUT2D eigenvalue weighted by molar-refractivity contribution is -0.116. The molecule has 0 saturated carbocycles. The van der Waals surface area contributed by atoms with Gasteiger partial charge in [0.15, 0.2) is 0 Å². The average molecular weight is 403 g/mol. The molecule has 2 aromatic heterocycles. The van der Waals surface area contributed by atoms with Crippen molar-refractivity contribution in [3.63, 3.8) is 0 Å². The largest absolute Gasteiger partial charge is 0.495 e. The predicted molar refractivity (Wildman–Crippen MR) is 107 cm³/mol. The van der Waals surface area contributed by atoms with Crippen molar-refractivity contribution in [1.29, 1.82) is 0 Å². The molecule has 0 spiro atoms. The molecule has 2 heterocycles. The SMILES string of the molecule is COc1ccc(NC(=O)Cn2c(=O)c3c(C)cc(C)nc3n(C)c2=O)cc1Cl. The van der Waals surface area contributed by atoms with Gasteiger partial charge >= 0.3 is 5.69 Å². The van der Waals surface area contributed by atoms with Crippen molar-refractivity contribution in [3.8, 4) is 5.75 Å². The molecule has 0 bridgehead atoms. The monoisotopic (exact) mass is 402 g/mol. The molecule has 9 heteroatoms. The van der Waals surface area contributed by atoms with Crippen LogP contribution >= 0.6 is 11.6 Å². The lowest BCUT2D eigenvalue weighted by Gasteiger charge is -2.12. The molecular weight excluding hydrogens is 384 g/mol. The minimum atomic E-state index is -0.613. The van der Waals surface area contributed by atoms with Crippen molar-refractivity contribution >= 4 is 34.2 Å². The quantitative estimate of drug-likeness (QED) is 0.720. The number of pyridine rings is 1. The summed E-state index contributed by atoms with van der Waals surface area (Å²) in [5.41, 5.74) is 0.954. The summed E-state index contributed by atoms with van der Waals surface area (Å²) in [4.78, 5) is 42.2. The highest BCUT2D eigenvalue weighted by atomic mass is 35.5. The zero-order chi connectivity index (χ0) is 20.6. The van der Waals surface area contributed by atoms with E-state index < -0.39 is 23.7 Å². The van der Waals surface area contributed by atoms with Gasteiger partial charge in [0.2, 0.25) is 5.91 Å². The summed E-state index contributed by atoms with van der Waals surface area (Å²) < 4.78 is 7.23. The topological polar surface area (TPSA) is 95.2 Å². The summed E-state index contributed by atoms with van der Waals surface area (Å²) in [5, 5.41) is 3.27. The van der Waals surface area contributed by atoms with E-state index in [1.165, 1.54) is 24.8 Å². The molecule has 0 fully saturated rings. The summed E-state index contributed by atoms with van der Waals surface area (Å²) in [6.45, 7) is 3.13. The van der Waals surface area contributed by atoms with Crippen molar-refractivity contribution in [2.24, 2.45) is 7.05 Å². The highest BCUT2D eigenvalue weighted by Gasteiger charge is 2.17. The van der Waals surface area contributed by atoms with Crippen LogP contribution in [0.5, 0.6) is 5.75 Å². The Morgan fingerprint density at radius 3 is 2.61 bits per heavy atom. The highest BCUT2D eigenvalue weighted by Crippen LogP contribution is 2.27. The Kier molecular flexibility index (Phi) is 5.24. The van der Waals surface area contributed by atoms with Gasteiger partial charge in [-0.2, -0.15) is 0 Å². The van der Waals surface area contributed by atoms with Gasteiger partial charge in [0.05, 0.1) is 17.5 Å². The number of hydrogen-bond donors (Lipinski definition) is 1. The van der Waals surface area contributed by atoms with Crippen molar-refractivity contribution in [2.75, 3.05) is 12.4 Å². The number of aromatic nitrogens is 3. The lowest BCUT2D eigenvalue weighted by atomic mass is 10.2. The number of rotatable bonds is 4. The first-order chi connectivity index (χ1) is 13.2. The van der Waals surface area contributed by atoms with Crippen molar-refractivity contribution in [2.45, 2.75) is 20.4 Å². The molecule has 1 amide bonds. The molecule has 3 rings (SSSR count). The zero-order valence-corrected chi connectivity index (χ0v) is 16.6. The van der Waals surface area contributed by atoms with Crippen LogP contribution in [0.1, 0.15) is 11.3 Å². The van der Waals surface area contributed by atoms with E-state index in [2.05, 4.69) is 10.3 Å². The number of nitrogens with one attached hydrogen (secondary N) is 1. The van der Waals surface area contributed by atoms with E-state index in [0.29, 0.717) is 38.8 Å². The van der Waals surface area contributed by atoms with Crippen LogP contribution in [0.3, 0.4) is 0 Å². The van der Waals surface area contributed by atoms with Crippen LogP contribution < -0.4 is 21.3 Å². The molecule has 0 saturated heterocycles. The third kappa shape index (κ3) is 3.50. The van der Waals surface area contributed by atoms with Gasteiger partial charge in [-0.25, -0.2) is 9.78 Å². The molecule has 0 atom stereocenters. The Bertz CT molecular complexity index is 1210. The number of ether oxygens (including phenoxy) is 1. The Hall–Kier alpha value is -3.13. The normalized spacial score (nSPS) is 10.9. The van der Waals surface area contributed by atoms with E-state index in [1.807, 2.05) is 0 Å². The number of carbonyl (C=O) groups excluding carboxylic acids is 1. The summed E-state index contributed by atoms with van der Waals surface area (Å²) in [6, 6.07) is 6.51. The predicted octanol–water partition coefficient (Wildman–Crippen LogP) is 2.01. The second kappa shape index (κ2) is 7.47. The van der Waals surface area contributed by atoms with Crippen molar-refractivity contribution in [1.82, 2.24) is 14.1 Å². The smallest absolute Gasteiger partial charge is 0.332 e. The maximum atomic E-state index is 12.9. The molecule has 0 aliphatic heterocycles. The van der Waals surface area contributed by atoms with Gasteiger partial charge in [-0.05, 0) is 43.7 Å². The van der Waals surface area contributed by atoms with Crippen LogP contribution in [-0.2, 0) is 18.4 Å². The number of carbonyl (C=O) groups is 1. The minimum Gasteiger partial charge on any atom is -0.495 e. The van der Waals surface area contributed by atoms with Gasteiger partial charge in [-0.1, -0.05) is 11.6 Å². The number of benzene rings is 1. The zero-order valence-electron chi connectivity index (χ0n) is 15.9. The van der Waals surface area contributed by atoms with Crippen LogP contribution in [0.2, 0.25) is 5.02 Å². The Morgan fingerprint density at radius 1 is 1.25 bits per heavy atom. The number of methoxy groups -OCH3 is 1.